The van der Waals surface area contributed by atoms with Gasteiger partial charge in [-0.1, -0.05) is 91.9 Å². The molecule has 3 rings (SSSR count). The standard InChI is InChI=1S/C30H37N/c1-6-8-9-10-24(4)29(7-2)30(27-13-11-23(3)12-14-27)28-17-15-25(16-18-28)26-19-21-31(5)22-20-26/h6,8-18,26H,1,7,19-22H2,2-5H3/b9-8-,24-10+,30-29-. The zero-order valence-electron chi connectivity index (χ0n) is 19.7. The second kappa shape index (κ2) is 11.1. The van der Waals surface area contributed by atoms with E-state index in [4.69, 9.17) is 0 Å². The Morgan fingerprint density at radius 3 is 2.10 bits per heavy atom. The molecule has 0 amide bonds. The van der Waals surface area contributed by atoms with Crippen LogP contribution in [-0.2, 0) is 0 Å². The molecular weight excluding hydrogens is 374 g/mol. The van der Waals surface area contributed by atoms with E-state index in [1.54, 1.807) is 0 Å². The Morgan fingerprint density at radius 2 is 1.55 bits per heavy atom. The van der Waals surface area contributed by atoms with Gasteiger partial charge in [-0.15, -0.1) is 0 Å². The first-order valence-corrected chi connectivity index (χ1v) is 11.6. The summed E-state index contributed by atoms with van der Waals surface area (Å²) in [5.41, 5.74) is 9.41. The van der Waals surface area contributed by atoms with Crippen molar-refractivity contribution in [1.29, 1.82) is 0 Å². The first-order valence-electron chi connectivity index (χ1n) is 11.6. The molecule has 0 aliphatic carbocycles. The van der Waals surface area contributed by atoms with Crippen LogP contribution in [0.15, 0.2) is 90.6 Å². The zero-order chi connectivity index (χ0) is 22.2. The summed E-state index contributed by atoms with van der Waals surface area (Å²) in [4.78, 5) is 2.44. The second-order valence-corrected chi connectivity index (χ2v) is 8.74. The van der Waals surface area contributed by atoms with Crippen LogP contribution in [0.1, 0.15) is 61.3 Å². The van der Waals surface area contributed by atoms with Gasteiger partial charge in [0.25, 0.3) is 0 Å². The number of benzene rings is 2. The molecule has 0 spiro atoms. The Balaban J connectivity index is 2.03. The Bertz CT molecular complexity index is 946. The van der Waals surface area contributed by atoms with Gasteiger partial charge in [0.05, 0.1) is 0 Å². The number of likely N-dealkylation sites (tertiary alicyclic amines) is 1. The third-order valence-corrected chi connectivity index (χ3v) is 6.45. The quantitative estimate of drug-likeness (QED) is 0.422. The molecule has 2 aromatic rings. The molecule has 1 heteroatoms. The van der Waals surface area contributed by atoms with Crippen molar-refractivity contribution in [1.82, 2.24) is 4.90 Å². The molecule has 1 heterocycles. The minimum absolute atomic E-state index is 0.688. The van der Waals surface area contributed by atoms with E-state index in [9.17, 15) is 0 Å². The van der Waals surface area contributed by atoms with Crippen LogP contribution < -0.4 is 0 Å². The minimum Gasteiger partial charge on any atom is -0.306 e. The molecule has 162 valence electrons. The monoisotopic (exact) mass is 411 g/mol. The Kier molecular flexibility index (Phi) is 8.26. The highest BCUT2D eigenvalue weighted by Gasteiger charge is 2.19. The lowest BCUT2D eigenvalue weighted by Crippen LogP contribution is -2.29. The summed E-state index contributed by atoms with van der Waals surface area (Å²) in [6.07, 6.45) is 11.6. The van der Waals surface area contributed by atoms with E-state index in [1.807, 2.05) is 12.2 Å². The molecule has 1 saturated heterocycles. The Hall–Kier alpha value is -2.64. The van der Waals surface area contributed by atoms with E-state index >= 15 is 0 Å². The van der Waals surface area contributed by atoms with Crippen molar-refractivity contribution >= 4 is 5.57 Å². The number of hydrogen-bond acceptors (Lipinski definition) is 1. The summed E-state index contributed by atoms with van der Waals surface area (Å²) < 4.78 is 0. The molecule has 0 bridgehead atoms. The molecular formula is C30H37N. The number of rotatable bonds is 7. The normalized spacial score (nSPS) is 17.1. The summed E-state index contributed by atoms with van der Waals surface area (Å²) in [6, 6.07) is 18.4. The van der Waals surface area contributed by atoms with Crippen molar-refractivity contribution in [2.45, 2.75) is 46.0 Å². The first-order chi connectivity index (χ1) is 15.0. The lowest BCUT2D eigenvalue weighted by atomic mass is 9.85. The van der Waals surface area contributed by atoms with Crippen molar-refractivity contribution in [2.24, 2.45) is 0 Å². The lowest BCUT2D eigenvalue weighted by Gasteiger charge is -2.29. The fourth-order valence-electron chi connectivity index (χ4n) is 4.53. The topological polar surface area (TPSA) is 3.24 Å². The van der Waals surface area contributed by atoms with Gasteiger partial charge in [0.1, 0.15) is 0 Å². The SMILES string of the molecule is C=C\C=C/C=C(C)/C(CC)=C(/c1ccc(C)cc1)c1ccc(C2CCN(C)CC2)cc1. The smallest absolute Gasteiger partial charge is 0.00159 e. The number of aryl methyl sites for hydroxylation is 1. The van der Waals surface area contributed by atoms with E-state index in [0.717, 1.165) is 6.42 Å². The van der Waals surface area contributed by atoms with E-state index in [2.05, 4.69) is 100.0 Å². The maximum absolute atomic E-state index is 3.78. The van der Waals surface area contributed by atoms with Crippen molar-refractivity contribution in [2.75, 3.05) is 20.1 Å². The molecule has 1 fully saturated rings. The lowest BCUT2D eigenvalue weighted by molar-refractivity contribution is 0.255. The van der Waals surface area contributed by atoms with Crippen molar-refractivity contribution in [3.05, 3.63) is 113 Å². The summed E-state index contributed by atoms with van der Waals surface area (Å²) in [6.45, 7) is 12.8. The van der Waals surface area contributed by atoms with E-state index in [1.165, 1.54) is 64.9 Å². The van der Waals surface area contributed by atoms with Gasteiger partial charge in [0.2, 0.25) is 0 Å². The Morgan fingerprint density at radius 1 is 0.968 bits per heavy atom. The Labute approximate surface area is 189 Å². The molecule has 0 aromatic heterocycles. The maximum atomic E-state index is 3.78. The number of piperidine rings is 1. The third-order valence-electron chi connectivity index (χ3n) is 6.45. The van der Waals surface area contributed by atoms with Crippen LogP contribution in [0, 0.1) is 6.92 Å². The average molecular weight is 412 g/mol. The largest absolute Gasteiger partial charge is 0.306 e. The number of hydrogen-bond donors (Lipinski definition) is 0. The predicted molar refractivity (Wildman–Crippen MR) is 136 cm³/mol. The predicted octanol–water partition coefficient (Wildman–Crippen LogP) is 7.70. The van der Waals surface area contributed by atoms with E-state index in [0.29, 0.717) is 5.92 Å². The highest BCUT2D eigenvalue weighted by atomic mass is 15.1. The summed E-state index contributed by atoms with van der Waals surface area (Å²) >= 11 is 0. The van der Waals surface area contributed by atoms with Crippen molar-refractivity contribution in [3.63, 3.8) is 0 Å². The molecule has 2 aromatic carbocycles. The van der Waals surface area contributed by atoms with Gasteiger partial charge in [-0.2, -0.15) is 0 Å². The van der Waals surface area contributed by atoms with Crippen molar-refractivity contribution < 1.29 is 0 Å². The average Bonchev–Trinajstić information content (AvgIpc) is 2.79. The van der Waals surface area contributed by atoms with E-state index in [-0.39, 0.29) is 0 Å². The molecule has 1 aliphatic heterocycles. The number of nitrogens with zero attached hydrogens (tertiary/aromatic N) is 1. The summed E-state index contributed by atoms with van der Waals surface area (Å²) in [5.74, 6) is 0.688. The molecule has 1 aliphatic rings. The third kappa shape index (κ3) is 5.95. The van der Waals surface area contributed by atoms with Crippen LogP contribution >= 0.6 is 0 Å². The molecule has 0 atom stereocenters. The minimum atomic E-state index is 0.688. The fourth-order valence-corrected chi connectivity index (χ4v) is 4.53. The van der Waals surface area contributed by atoms with E-state index < -0.39 is 0 Å². The van der Waals surface area contributed by atoms with Gasteiger partial charge < -0.3 is 4.90 Å². The molecule has 0 N–H and O–H groups in total. The van der Waals surface area contributed by atoms with Crippen LogP contribution in [0.2, 0.25) is 0 Å². The molecule has 0 saturated carbocycles. The molecule has 1 nitrogen and oxygen atoms in total. The van der Waals surface area contributed by atoms with Gasteiger partial charge >= 0.3 is 0 Å². The summed E-state index contributed by atoms with van der Waals surface area (Å²) in [5, 5.41) is 0. The van der Waals surface area contributed by atoms with Crippen molar-refractivity contribution in [3.8, 4) is 0 Å². The fraction of sp³-hybridized carbons (Fsp3) is 0.333. The summed E-state index contributed by atoms with van der Waals surface area (Å²) in [7, 11) is 2.23. The van der Waals surface area contributed by atoms with Gasteiger partial charge in [-0.05, 0) is 92.6 Å². The van der Waals surface area contributed by atoms with Crippen LogP contribution in [0.3, 0.4) is 0 Å². The van der Waals surface area contributed by atoms with Gasteiger partial charge in [-0.25, -0.2) is 0 Å². The maximum Gasteiger partial charge on any atom is -0.00159 e. The van der Waals surface area contributed by atoms with Gasteiger partial charge in [0, 0.05) is 0 Å². The first kappa shape index (κ1) is 23.0. The van der Waals surface area contributed by atoms with Crippen LogP contribution in [0.25, 0.3) is 5.57 Å². The van der Waals surface area contributed by atoms with Gasteiger partial charge in [-0.3, -0.25) is 0 Å². The van der Waals surface area contributed by atoms with Crippen LogP contribution in [0.4, 0.5) is 0 Å². The highest BCUT2D eigenvalue weighted by Crippen LogP contribution is 2.34. The molecule has 0 radical (unpaired) electrons. The highest BCUT2D eigenvalue weighted by molar-refractivity contribution is 5.84. The molecule has 0 unspecified atom stereocenters. The number of allylic oxidation sites excluding steroid dienone is 6. The van der Waals surface area contributed by atoms with Crippen LogP contribution in [-0.4, -0.2) is 25.0 Å². The van der Waals surface area contributed by atoms with Gasteiger partial charge in [0.15, 0.2) is 0 Å². The molecule has 31 heavy (non-hydrogen) atoms. The zero-order valence-corrected chi connectivity index (χ0v) is 19.7. The second-order valence-electron chi connectivity index (χ2n) is 8.74. The van der Waals surface area contributed by atoms with Crippen LogP contribution in [0.5, 0.6) is 0 Å².